The van der Waals surface area contributed by atoms with Crippen molar-refractivity contribution in [1.29, 1.82) is 0 Å². The Morgan fingerprint density at radius 1 is 0.971 bits per heavy atom. The van der Waals surface area contributed by atoms with E-state index in [1.807, 2.05) is 4.90 Å². The van der Waals surface area contributed by atoms with Crippen LogP contribution in [0.4, 0.5) is 26.4 Å². The van der Waals surface area contributed by atoms with Crippen LogP contribution in [0.15, 0.2) is 36.5 Å². The number of rotatable bonds is 7. The number of benzene rings is 1. The van der Waals surface area contributed by atoms with Crippen LogP contribution in [0.25, 0.3) is 17.0 Å². The number of anilines is 3. The summed E-state index contributed by atoms with van der Waals surface area (Å²) in [6.07, 6.45) is -1.32. The van der Waals surface area contributed by atoms with Gasteiger partial charge in [0, 0.05) is 19.2 Å². The molecular formula is C22H22F2N8O3. The smallest absolute Gasteiger partial charge is 0.296 e. The minimum absolute atomic E-state index is 0.00323. The number of alkyl halides is 2. The highest BCUT2D eigenvalue weighted by Gasteiger charge is 2.25. The van der Waals surface area contributed by atoms with Crippen LogP contribution in [0, 0.1) is 0 Å². The zero-order valence-electron chi connectivity index (χ0n) is 19.0. The molecule has 4 aromatic rings. The molecule has 1 aromatic carbocycles. The average molecular weight is 484 g/mol. The van der Waals surface area contributed by atoms with E-state index in [0.29, 0.717) is 55.1 Å². The fourth-order valence-corrected chi connectivity index (χ4v) is 3.73. The first kappa shape index (κ1) is 22.7. The van der Waals surface area contributed by atoms with Gasteiger partial charge in [-0.3, -0.25) is 4.57 Å². The zero-order chi connectivity index (χ0) is 24.4. The summed E-state index contributed by atoms with van der Waals surface area (Å²) < 4.78 is 45.3. The van der Waals surface area contributed by atoms with Crippen molar-refractivity contribution in [3.05, 3.63) is 42.4 Å². The number of hydrogen-bond acceptors (Lipinski definition) is 10. The van der Waals surface area contributed by atoms with Gasteiger partial charge in [-0.2, -0.15) is 15.0 Å². The number of methoxy groups -OCH3 is 2. The van der Waals surface area contributed by atoms with Gasteiger partial charge in [-0.15, -0.1) is 0 Å². The third-order valence-corrected chi connectivity index (χ3v) is 5.40. The molecule has 0 saturated carbocycles. The number of hydrogen-bond donors (Lipinski definition) is 1. The molecule has 13 heteroatoms. The molecule has 0 unspecified atom stereocenters. The van der Waals surface area contributed by atoms with Crippen molar-refractivity contribution in [3.8, 4) is 17.6 Å². The fourth-order valence-electron chi connectivity index (χ4n) is 3.73. The molecule has 0 bridgehead atoms. The monoisotopic (exact) mass is 484 g/mol. The van der Waals surface area contributed by atoms with E-state index in [2.05, 4.69) is 30.2 Å². The van der Waals surface area contributed by atoms with Crippen molar-refractivity contribution in [1.82, 2.24) is 29.5 Å². The van der Waals surface area contributed by atoms with E-state index in [9.17, 15) is 8.78 Å². The summed E-state index contributed by atoms with van der Waals surface area (Å²) in [6.45, 7) is 2.10. The third kappa shape index (κ3) is 4.49. The van der Waals surface area contributed by atoms with Crippen molar-refractivity contribution >= 4 is 28.6 Å². The average Bonchev–Trinajstić information content (AvgIpc) is 3.30. The molecule has 11 nitrogen and oxygen atoms in total. The largest absolute Gasteiger partial charge is 0.494 e. The van der Waals surface area contributed by atoms with Crippen LogP contribution in [0.1, 0.15) is 12.2 Å². The van der Waals surface area contributed by atoms with Gasteiger partial charge in [0.15, 0.2) is 5.82 Å². The standard InChI is InChI=1S/C22H22F2N8O3/c1-33-15-5-3-4-14-17(15)27-19(18(23)24)32(14)22-29-20(26-13-6-7-16(34-2)25-12-13)28-21(30-22)31-8-10-35-11-9-31/h3-7,12,18H,8-11H2,1-2H3,(H,26,28,29,30). The minimum Gasteiger partial charge on any atom is -0.494 e. The van der Waals surface area contributed by atoms with E-state index >= 15 is 0 Å². The van der Waals surface area contributed by atoms with Gasteiger partial charge in [-0.1, -0.05) is 6.07 Å². The quantitative estimate of drug-likeness (QED) is 0.420. The van der Waals surface area contributed by atoms with Gasteiger partial charge in [0.2, 0.25) is 23.7 Å². The van der Waals surface area contributed by atoms with Gasteiger partial charge in [0.25, 0.3) is 6.43 Å². The Balaban J connectivity index is 1.65. The van der Waals surface area contributed by atoms with Crippen molar-refractivity contribution in [3.63, 3.8) is 0 Å². The van der Waals surface area contributed by atoms with Crippen LogP contribution >= 0.6 is 0 Å². The molecule has 1 aliphatic heterocycles. The second-order valence-electron chi connectivity index (χ2n) is 7.51. The SMILES string of the molecule is COc1ccc(Nc2nc(N3CCOCC3)nc(-n3c(C(F)F)nc4c(OC)cccc43)n2)cn1. The molecule has 0 aliphatic carbocycles. The number of ether oxygens (including phenoxy) is 3. The highest BCUT2D eigenvalue weighted by molar-refractivity contribution is 5.84. The van der Waals surface area contributed by atoms with Crippen LogP contribution in [-0.4, -0.2) is 70.0 Å². The van der Waals surface area contributed by atoms with Crippen molar-refractivity contribution in [2.75, 3.05) is 50.7 Å². The van der Waals surface area contributed by atoms with Crippen LogP contribution in [0.2, 0.25) is 0 Å². The van der Waals surface area contributed by atoms with E-state index in [4.69, 9.17) is 14.2 Å². The Hall–Kier alpha value is -4.13. The molecule has 1 N–H and O–H groups in total. The number of pyridine rings is 1. The van der Waals surface area contributed by atoms with E-state index in [1.54, 1.807) is 36.5 Å². The Morgan fingerprint density at radius 3 is 2.46 bits per heavy atom. The molecule has 35 heavy (non-hydrogen) atoms. The van der Waals surface area contributed by atoms with E-state index in [0.717, 1.165) is 0 Å². The number of aromatic nitrogens is 6. The number of fused-ring (bicyclic) bond motifs is 1. The lowest BCUT2D eigenvalue weighted by Crippen LogP contribution is -2.37. The molecule has 5 rings (SSSR count). The number of morpholine rings is 1. The first-order valence-corrected chi connectivity index (χ1v) is 10.8. The predicted molar refractivity (Wildman–Crippen MR) is 123 cm³/mol. The van der Waals surface area contributed by atoms with Gasteiger partial charge in [-0.05, 0) is 18.2 Å². The van der Waals surface area contributed by atoms with Crippen LogP contribution in [0.5, 0.6) is 11.6 Å². The summed E-state index contributed by atoms with van der Waals surface area (Å²) in [6, 6.07) is 8.44. The molecule has 1 aliphatic rings. The summed E-state index contributed by atoms with van der Waals surface area (Å²) in [5.74, 6) is 0.799. The van der Waals surface area contributed by atoms with Gasteiger partial charge < -0.3 is 24.4 Å². The van der Waals surface area contributed by atoms with Gasteiger partial charge in [-0.25, -0.2) is 18.7 Å². The van der Waals surface area contributed by atoms with E-state index in [1.165, 1.54) is 18.8 Å². The maximum Gasteiger partial charge on any atom is 0.296 e. The number of nitrogens with zero attached hydrogens (tertiary/aromatic N) is 7. The molecule has 3 aromatic heterocycles. The summed E-state index contributed by atoms with van der Waals surface area (Å²) in [7, 11) is 2.98. The lowest BCUT2D eigenvalue weighted by atomic mass is 10.3. The van der Waals surface area contributed by atoms with Gasteiger partial charge >= 0.3 is 0 Å². The van der Waals surface area contributed by atoms with Crippen LogP contribution in [0.3, 0.4) is 0 Å². The highest BCUT2D eigenvalue weighted by Crippen LogP contribution is 2.32. The lowest BCUT2D eigenvalue weighted by Gasteiger charge is -2.27. The number of halogens is 2. The minimum atomic E-state index is -2.88. The fraction of sp³-hybridized carbons (Fsp3) is 0.318. The second kappa shape index (κ2) is 9.62. The Bertz CT molecular complexity index is 1330. The van der Waals surface area contributed by atoms with Gasteiger partial charge in [0.1, 0.15) is 11.3 Å². The third-order valence-electron chi connectivity index (χ3n) is 5.40. The topological polar surface area (TPSA) is 112 Å². The summed E-state index contributed by atoms with van der Waals surface area (Å²) >= 11 is 0. The Labute approximate surface area is 198 Å². The first-order chi connectivity index (χ1) is 17.1. The molecule has 0 spiro atoms. The number of nitrogens with one attached hydrogen (secondary N) is 1. The van der Waals surface area contributed by atoms with Crippen LogP contribution < -0.4 is 19.7 Å². The molecule has 0 atom stereocenters. The van der Waals surface area contributed by atoms with Crippen molar-refractivity contribution in [2.24, 2.45) is 0 Å². The molecule has 4 heterocycles. The number of para-hydroxylation sites is 1. The van der Waals surface area contributed by atoms with Crippen LogP contribution in [-0.2, 0) is 4.74 Å². The molecule has 1 saturated heterocycles. The zero-order valence-corrected chi connectivity index (χ0v) is 19.0. The molecule has 0 amide bonds. The molecule has 1 fully saturated rings. The maximum atomic E-state index is 14.1. The Morgan fingerprint density at radius 2 is 1.77 bits per heavy atom. The molecular weight excluding hydrogens is 462 g/mol. The summed E-state index contributed by atoms with van der Waals surface area (Å²) in [4.78, 5) is 23.7. The first-order valence-electron chi connectivity index (χ1n) is 10.8. The molecule has 0 radical (unpaired) electrons. The highest BCUT2D eigenvalue weighted by atomic mass is 19.3. The maximum absolute atomic E-state index is 14.1. The van der Waals surface area contributed by atoms with Crippen molar-refractivity contribution in [2.45, 2.75) is 6.43 Å². The summed E-state index contributed by atoms with van der Waals surface area (Å²) in [5.41, 5.74) is 1.26. The van der Waals surface area contributed by atoms with E-state index < -0.39 is 12.2 Å². The predicted octanol–water partition coefficient (Wildman–Crippen LogP) is 3.14. The van der Waals surface area contributed by atoms with E-state index in [-0.39, 0.29) is 17.4 Å². The van der Waals surface area contributed by atoms with Gasteiger partial charge in [0.05, 0.1) is 44.8 Å². The lowest BCUT2D eigenvalue weighted by molar-refractivity contribution is 0.122. The molecule has 182 valence electrons. The number of imidazole rings is 1. The normalized spacial score (nSPS) is 13.9. The van der Waals surface area contributed by atoms with Crippen molar-refractivity contribution < 1.29 is 23.0 Å². The Kier molecular flexibility index (Phi) is 6.23. The summed E-state index contributed by atoms with van der Waals surface area (Å²) in [5, 5.41) is 3.07. The second-order valence-corrected chi connectivity index (χ2v) is 7.51.